The molecule has 3 aromatic rings. The number of urea groups is 1. The SMILES string of the molecule is Cc1c(CNC(=O)N[C@H](c2ccccc2)c2nccs2)cnn1C. The fraction of sp³-hybridized carbons (Fsp3) is 0.235. The third kappa shape index (κ3) is 3.62. The molecule has 1 atom stereocenters. The van der Waals surface area contributed by atoms with E-state index in [2.05, 4.69) is 20.7 Å². The van der Waals surface area contributed by atoms with Crippen LogP contribution in [0, 0.1) is 6.92 Å². The molecule has 2 N–H and O–H groups in total. The van der Waals surface area contributed by atoms with E-state index < -0.39 is 0 Å². The van der Waals surface area contributed by atoms with E-state index >= 15 is 0 Å². The minimum absolute atomic E-state index is 0.234. The van der Waals surface area contributed by atoms with Crippen molar-refractivity contribution in [2.24, 2.45) is 7.05 Å². The quantitative estimate of drug-likeness (QED) is 0.749. The van der Waals surface area contributed by atoms with Crippen LogP contribution in [0.3, 0.4) is 0 Å². The third-order valence-corrected chi connectivity index (χ3v) is 4.72. The van der Waals surface area contributed by atoms with Gasteiger partial charge < -0.3 is 10.6 Å². The average molecular weight is 341 g/mol. The summed E-state index contributed by atoms with van der Waals surface area (Å²) in [6.45, 7) is 2.41. The topological polar surface area (TPSA) is 71.8 Å². The molecule has 0 aliphatic rings. The van der Waals surface area contributed by atoms with E-state index in [1.807, 2.05) is 49.7 Å². The van der Waals surface area contributed by atoms with Gasteiger partial charge in [0.2, 0.25) is 0 Å². The molecule has 2 heterocycles. The van der Waals surface area contributed by atoms with E-state index in [9.17, 15) is 4.79 Å². The van der Waals surface area contributed by atoms with Crippen molar-refractivity contribution in [3.63, 3.8) is 0 Å². The van der Waals surface area contributed by atoms with Crippen molar-refractivity contribution in [3.8, 4) is 0 Å². The van der Waals surface area contributed by atoms with Crippen molar-refractivity contribution in [3.05, 3.63) is 69.9 Å². The van der Waals surface area contributed by atoms with Crippen LogP contribution in [0.25, 0.3) is 0 Å². The normalized spacial score (nSPS) is 11.9. The lowest BCUT2D eigenvalue weighted by Gasteiger charge is -2.17. The van der Waals surface area contributed by atoms with Crippen LogP contribution in [0.2, 0.25) is 0 Å². The molecular weight excluding hydrogens is 322 g/mol. The first-order valence-corrected chi connectivity index (χ1v) is 8.49. The number of thiazole rings is 1. The van der Waals surface area contributed by atoms with Crippen LogP contribution in [0.5, 0.6) is 0 Å². The smallest absolute Gasteiger partial charge is 0.315 e. The number of carbonyl (C=O) groups excluding carboxylic acids is 1. The minimum Gasteiger partial charge on any atom is -0.334 e. The maximum absolute atomic E-state index is 12.3. The third-order valence-electron chi connectivity index (χ3n) is 3.88. The number of benzene rings is 1. The van der Waals surface area contributed by atoms with Gasteiger partial charge in [0.1, 0.15) is 11.0 Å². The van der Waals surface area contributed by atoms with Gasteiger partial charge in [0.15, 0.2) is 0 Å². The Labute approximate surface area is 144 Å². The van der Waals surface area contributed by atoms with Crippen LogP contribution in [-0.4, -0.2) is 20.8 Å². The summed E-state index contributed by atoms with van der Waals surface area (Å²) >= 11 is 1.52. The van der Waals surface area contributed by atoms with Crippen molar-refractivity contribution in [2.45, 2.75) is 19.5 Å². The average Bonchev–Trinajstić information content (AvgIpc) is 3.23. The molecule has 0 saturated carbocycles. The van der Waals surface area contributed by atoms with Gasteiger partial charge in [-0.2, -0.15) is 5.10 Å². The van der Waals surface area contributed by atoms with E-state index in [-0.39, 0.29) is 12.1 Å². The molecule has 0 aliphatic carbocycles. The number of rotatable bonds is 5. The van der Waals surface area contributed by atoms with Crippen molar-refractivity contribution in [1.29, 1.82) is 0 Å². The fourth-order valence-electron chi connectivity index (χ4n) is 2.39. The molecule has 0 radical (unpaired) electrons. The van der Waals surface area contributed by atoms with E-state index in [0.29, 0.717) is 6.54 Å². The number of hydrogen-bond donors (Lipinski definition) is 2. The molecule has 0 saturated heterocycles. The van der Waals surface area contributed by atoms with Gasteiger partial charge in [0.25, 0.3) is 0 Å². The molecule has 124 valence electrons. The number of carbonyl (C=O) groups is 1. The summed E-state index contributed by atoms with van der Waals surface area (Å²) in [6, 6.07) is 9.33. The van der Waals surface area contributed by atoms with Crippen LogP contribution in [0.4, 0.5) is 4.79 Å². The Hall–Kier alpha value is -2.67. The molecule has 6 nitrogen and oxygen atoms in total. The minimum atomic E-state index is -0.263. The van der Waals surface area contributed by atoms with Gasteiger partial charge in [0, 0.05) is 36.4 Å². The second-order valence-electron chi connectivity index (χ2n) is 5.42. The maximum atomic E-state index is 12.3. The molecule has 1 aromatic carbocycles. The lowest BCUT2D eigenvalue weighted by atomic mass is 10.1. The largest absolute Gasteiger partial charge is 0.334 e. The Kier molecular flexibility index (Phi) is 4.90. The summed E-state index contributed by atoms with van der Waals surface area (Å²) in [4.78, 5) is 16.7. The number of hydrogen-bond acceptors (Lipinski definition) is 4. The van der Waals surface area contributed by atoms with Gasteiger partial charge >= 0.3 is 6.03 Å². The standard InChI is InChI=1S/C17H19N5OS/c1-12-14(11-20-22(12)2)10-19-17(23)21-15(16-18-8-9-24-16)13-6-4-3-5-7-13/h3-9,11,15H,10H2,1-2H3,(H2,19,21,23)/t15-/m1/s1. The summed E-state index contributed by atoms with van der Waals surface area (Å²) in [5.41, 5.74) is 3.04. The number of amides is 2. The van der Waals surface area contributed by atoms with Gasteiger partial charge in [-0.3, -0.25) is 4.68 Å². The molecule has 2 aromatic heterocycles. The number of aryl methyl sites for hydroxylation is 1. The molecule has 0 spiro atoms. The van der Waals surface area contributed by atoms with Crippen molar-refractivity contribution >= 4 is 17.4 Å². The number of nitrogens with one attached hydrogen (secondary N) is 2. The van der Waals surface area contributed by atoms with Crippen molar-refractivity contribution in [2.75, 3.05) is 0 Å². The van der Waals surface area contributed by atoms with Gasteiger partial charge in [-0.1, -0.05) is 30.3 Å². The zero-order valence-corrected chi connectivity index (χ0v) is 14.4. The zero-order valence-electron chi connectivity index (χ0n) is 13.6. The van der Waals surface area contributed by atoms with Crippen LogP contribution >= 0.6 is 11.3 Å². The van der Waals surface area contributed by atoms with Gasteiger partial charge in [-0.05, 0) is 12.5 Å². The number of aromatic nitrogens is 3. The van der Waals surface area contributed by atoms with Crippen molar-refractivity contribution < 1.29 is 4.79 Å². The van der Waals surface area contributed by atoms with Gasteiger partial charge in [-0.15, -0.1) is 11.3 Å². The molecule has 7 heteroatoms. The monoisotopic (exact) mass is 341 g/mol. The highest BCUT2D eigenvalue weighted by Gasteiger charge is 2.19. The highest BCUT2D eigenvalue weighted by atomic mass is 32.1. The summed E-state index contributed by atoms with van der Waals surface area (Å²) in [7, 11) is 1.88. The first kappa shape index (κ1) is 16.2. The van der Waals surface area contributed by atoms with E-state index in [1.165, 1.54) is 11.3 Å². The van der Waals surface area contributed by atoms with Crippen LogP contribution in [-0.2, 0) is 13.6 Å². The Morgan fingerprint density at radius 3 is 2.75 bits per heavy atom. The van der Waals surface area contributed by atoms with E-state index in [4.69, 9.17) is 0 Å². The fourth-order valence-corrected chi connectivity index (χ4v) is 3.10. The molecule has 0 bridgehead atoms. The Balaban J connectivity index is 1.69. The summed E-state index contributed by atoms with van der Waals surface area (Å²) in [5.74, 6) is 0. The molecule has 0 fully saturated rings. The highest BCUT2D eigenvalue weighted by molar-refractivity contribution is 7.09. The lowest BCUT2D eigenvalue weighted by Crippen LogP contribution is -2.38. The molecule has 0 unspecified atom stereocenters. The van der Waals surface area contributed by atoms with Crippen LogP contribution in [0.1, 0.15) is 27.9 Å². The van der Waals surface area contributed by atoms with Gasteiger partial charge in [-0.25, -0.2) is 9.78 Å². The molecule has 0 aliphatic heterocycles. The van der Waals surface area contributed by atoms with Crippen molar-refractivity contribution in [1.82, 2.24) is 25.4 Å². The maximum Gasteiger partial charge on any atom is 0.315 e. The van der Waals surface area contributed by atoms with E-state index in [0.717, 1.165) is 21.8 Å². The highest BCUT2D eigenvalue weighted by Crippen LogP contribution is 2.23. The van der Waals surface area contributed by atoms with Gasteiger partial charge in [0.05, 0.1) is 6.20 Å². The summed E-state index contributed by atoms with van der Waals surface area (Å²) in [5, 5.41) is 12.8. The summed E-state index contributed by atoms with van der Waals surface area (Å²) < 4.78 is 1.79. The lowest BCUT2D eigenvalue weighted by molar-refractivity contribution is 0.238. The first-order chi connectivity index (χ1) is 11.6. The predicted molar refractivity (Wildman–Crippen MR) is 93.7 cm³/mol. The Bertz CT molecular complexity index is 798. The molecule has 24 heavy (non-hydrogen) atoms. The molecule has 3 rings (SSSR count). The molecule has 2 amide bonds. The Morgan fingerprint density at radius 1 is 1.33 bits per heavy atom. The second-order valence-corrected chi connectivity index (χ2v) is 6.35. The number of nitrogens with zero attached hydrogens (tertiary/aromatic N) is 3. The Morgan fingerprint density at radius 2 is 2.12 bits per heavy atom. The second kappa shape index (κ2) is 7.27. The van der Waals surface area contributed by atoms with E-state index in [1.54, 1.807) is 17.1 Å². The summed E-state index contributed by atoms with van der Waals surface area (Å²) in [6.07, 6.45) is 3.51. The van der Waals surface area contributed by atoms with Crippen LogP contribution < -0.4 is 10.6 Å². The zero-order chi connectivity index (χ0) is 16.9. The predicted octanol–water partition coefficient (Wildman–Crippen LogP) is 2.77. The molecular formula is C17H19N5OS. The first-order valence-electron chi connectivity index (χ1n) is 7.61. The van der Waals surface area contributed by atoms with Crippen LogP contribution in [0.15, 0.2) is 48.1 Å².